The van der Waals surface area contributed by atoms with Crippen molar-refractivity contribution in [3.8, 4) is 11.8 Å². The van der Waals surface area contributed by atoms with Gasteiger partial charge in [-0.25, -0.2) is 0 Å². The highest BCUT2D eigenvalue weighted by molar-refractivity contribution is 5.94. The van der Waals surface area contributed by atoms with Gasteiger partial charge in [0, 0.05) is 5.56 Å². The van der Waals surface area contributed by atoms with Crippen LogP contribution < -0.4 is 10.1 Å². The molecule has 0 aliphatic rings. The predicted molar refractivity (Wildman–Crippen MR) is 80.0 cm³/mol. The van der Waals surface area contributed by atoms with E-state index in [9.17, 15) is 4.79 Å². The lowest BCUT2D eigenvalue weighted by molar-refractivity contribution is 0.0940. The average molecular weight is 280 g/mol. The second-order valence-corrected chi connectivity index (χ2v) is 4.66. The lowest BCUT2D eigenvalue weighted by atomic mass is 10.1. The van der Waals surface area contributed by atoms with Gasteiger partial charge in [0.25, 0.3) is 5.91 Å². The summed E-state index contributed by atoms with van der Waals surface area (Å²) >= 11 is 0. The van der Waals surface area contributed by atoms with E-state index in [1.165, 1.54) is 0 Å². The molecule has 0 fully saturated rings. The van der Waals surface area contributed by atoms with Gasteiger partial charge in [0.05, 0.1) is 24.8 Å². The molecule has 0 saturated heterocycles. The van der Waals surface area contributed by atoms with Crippen molar-refractivity contribution in [2.24, 2.45) is 0 Å². The lowest BCUT2D eigenvalue weighted by Gasteiger charge is -2.15. The van der Waals surface area contributed by atoms with Crippen LogP contribution in [0.1, 0.15) is 34.5 Å². The minimum Gasteiger partial charge on any atom is -0.497 e. The number of nitrogens with one attached hydrogen (secondary N) is 1. The Kier molecular flexibility index (Phi) is 4.57. The fourth-order valence-corrected chi connectivity index (χ4v) is 1.95. The number of nitrogens with zero attached hydrogens (tertiary/aromatic N) is 1. The van der Waals surface area contributed by atoms with Gasteiger partial charge < -0.3 is 10.1 Å². The topological polar surface area (TPSA) is 62.1 Å². The molecule has 0 aliphatic carbocycles. The highest BCUT2D eigenvalue weighted by Crippen LogP contribution is 2.17. The van der Waals surface area contributed by atoms with E-state index in [-0.39, 0.29) is 11.9 Å². The van der Waals surface area contributed by atoms with E-state index in [2.05, 4.69) is 5.32 Å². The predicted octanol–water partition coefficient (Wildman–Crippen LogP) is 3.06. The number of hydrogen-bond acceptors (Lipinski definition) is 3. The number of rotatable bonds is 4. The molecule has 1 amide bonds. The minimum absolute atomic E-state index is 0.112. The normalized spacial score (nSPS) is 11.3. The van der Waals surface area contributed by atoms with Gasteiger partial charge >= 0.3 is 0 Å². The van der Waals surface area contributed by atoms with Crippen LogP contribution in [-0.2, 0) is 0 Å². The molecule has 0 unspecified atom stereocenters. The van der Waals surface area contributed by atoms with Crippen molar-refractivity contribution >= 4 is 5.91 Å². The highest BCUT2D eigenvalue weighted by atomic mass is 16.5. The summed E-state index contributed by atoms with van der Waals surface area (Å²) in [6.45, 7) is 1.92. The number of amides is 1. The molecule has 4 nitrogen and oxygen atoms in total. The quantitative estimate of drug-likeness (QED) is 0.936. The summed E-state index contributed by atoms with van der Waals surface area (Å²) in [6, 6.07) is 16.0. The molecule has 21 heavy (non-hydrogen) atoms. The maximum absolute atomic E-state index is 12.1. The largest absolute Gasteiger partial charge is 0.497 e. The fourth-order valence-electron chi connectivity index (χ4n) is 1.95. The van der Waals surface area contributed by atoms with E-state index in [0.29, 0.717) is 11.1 Å². The monoisotopic (exact) mass is 280 g/mol. The summed E-state index contributed by atoms with van der Waals surface area (Å²) in [5.74, 6) is 0.618. The first-order valence-electron chi connectivity index (χ1n) is 6.59. The van der Waals surface area contributed by atoms with Crippen LogP contribution in [0.2, 0.25) is 0 Å². The van der Waals surface area contributed by atoms with Crippen molar-refractivity contribution in [3.63, 3.8) is 0 Å². The van der Waals surface area contributed by atoms with Gasteiger partial charge in [-0.3, -0.25) is 4.79 Å². The van der Waals surface area contributed by atoms with Crippen LogP contribution in [-0.4, -0.2) is 13.0 Å². The molecule has 2 aromatic rings. The molecule has 106 valence electrons. The summed E-state index contributed by atoms with van der Waals surface area (Å²) in [7, 11) is 1.62. The van der Waals surface area contributed by atoms with Crippen molar-refractivity contribution in [2.75, 3.05) is 7.11 Å². The van der Waals surface area contributed by atoms with Gasteiger partial charge in [-0.15, -0.1) is 0 Å². The zero-order valence-electron chi connectivity index (χ0n) is 12.0. The van der Waals surface area contributed by atoms with Crippen molar-refractivity contribution in [3.05, 3.63) is 65.2 Å². The Hall–Kier alpha value is -2.80. The fraction of sp³-hybridized carbons (Fsp3) is 0.176. The minimum atomic E-state index is -0.164. The zero-order valence-corrected chi connectivity index (χ0v) is 12.0. The SMILES string of the molecule is COc1ccc([C@@H](C)NC(=O)c2ccc(C#N)cc2)cc1. The number of nitriles is 1. The molecule has 0 heterocycles. The van der Waals surface area contributed by atoms with Crippen LogP contribution >= 0.6 is 0 Å². The first-order chi connectivity index (χ1) is 10.1. The van der Waals surface area contributed by atoms with Crippen molar-refractivity contribution in [1.82, 2.24) is 5.32 Å². The third-order valence-corrected chi connectivity index (χ3v) is 3.24. The van der Waals surface area contributed by atoms with Gasteiger partial charge in [0.2, 0.25) is 0 Å². The third kappa shape index (κ3) is 3.61. The molecule has 2 rings (SSSR count). The van der Waals surface area contributed by atoms with E-state index in [4.69, 9.17) is 10.00 Å². The van der Waals surface area contributed by atoms with E-state index >= 15 is 0 Å². The van der Waals surface area contributed by atoms with Gasteiger partial charge in [0.1, 0.15) is 5.75 Å². The standard InChI is InChI=1S/C17H16N2O2/c1-12(14-7-9-16(21-2)10-8-14)19-17(20)15-5-3-13(11-18)4-6-15/h3-10,12H,1-2H3,(H,19,20)/t12-/m1/s1. The third-order valence-electron chi connectivity index (χ3n) is 3.24. The van der Waals surface area contributed by atoms with Gasteiger partial charge in [-0.05, 0) is 48.9 Å². The molecule has 0 bridgehead atoms. The molecular formula is C17H16N2O2. The zero-order chi connectivity index (χ0) is 15.2. The Morgan fingerprint density at radius 3 is 2.29 bits per heavy atom. The number of methoxy groups -OCH3 is 1. The van der Waals surface area contributed by atoms with Gasteiger partial charge in [-0.1, -0.05) is 12.1 Å². The van der Waals surface area contributed by atoms with Crippen LogP contribution in [0, 0.1) is 11.3 Å². The Morgan fingerprint density at radius 1 is 1.14 bits per heavy atom. The van der Waals surface area contributed by atoms with Crippen LogP contribution in [0.4, 0.5) is 0 Å². The molecule has 4 heteroatoms. The number of hydrogen-bond donors (Lipinski definition) is 1. The molecule has 2 aromatic carbocycles. The van der Waals surface area contributed by atoms with E-state index in [1.54, 1.807) is 31.4 Å². The molecule has 1 N–H and O–H groups in total. The summed E-state index contributed by atoms with van der Waals surface area (Å²) in [4.78, 5) is 12.1. The van der Waals surface area contributed by atoms with Crippen LogP contribution in [0.3, 0.4) is 0 Å². The highest BCUT2D eigenvalue weighted by Gasteiger charge is 2.11. The van der Waals surface area contributed by atoms with E-state index in [0.717, 1.165) is 11.3 Å². The van der Waals surface area contributed by atoms with Gasteiger partial charge in [-0.2, -0.15) is 5.26 Å². The Balaban J connectivity index is 2.05. The summed E-state index contributed by atoms with van der Waals surface area (Å²) in [6.07, 6.45) is 0. The second kappa shape index (κ2) is 6.58. The van der Waals surface area contributed by atoms with Gasteiger partial charge in [0.15, 0.2) is 0 Å². The molecule has 0 radical (unpaired) electrons. The summed E-state index contributed by atoms with van der Waals surface area (Å²) < 4.78 is 5.11. The molecule has 0 saturated carbocycles. The number of carbonyl (C=O) groups is 1. The molecule has 1 atom stereocenters. The number of ether oxygens (including phenoxy) is 1. The Morgan fingerprint density at radius 2 is 1.76 bits per heavy atom. The smallest absolute Gasteiger partial charge is 0.251 e. The molecule has 0 spiro atoms. The first kappa shape index (κ1) is 14.6. The second-order valence-electron chi connectivity index (χ2n) is 4.66. The Bertz CT molecular complexity index is 655. The Labute approximate surface area is 124 Å². The van der Waals surface area contributed by atoms with E-state index in [1.807, 2.05) is 37.3 Å². The summed E-state index contributed by atoms with van der Waals surface area (Å²) in [5.41, 5.74) is 2.07. The summed E-state index contributed by atoms with van der Waals surface area (Å²) in [5, 5.41) is 11.7. The lowest BCUT2D eigenvalue weighted by Crippen LogP contribution is -2.26. The first-order valence-corrected chi connectivity index (χ1v) is 6.59. The maximum Gasteiger partial charge on any atom is 0.251 e. The molecule has 0 aliphatic heterocycles. The van der Waals surface area contributed by atoms with Crippen molar-refractivity contribution in [2.45, 2.75) is 13.0 Å². The van der Waals surface area contributed by atoms with Crippen LogP contribution in [0.25, 0.3) is 0 Å². The van der Waals surface area contributed by atoms with Crippen molar-refractivity contribution < 1.29 is 9.53 Å². The van der Waals surface area contributed by atoms with Crippen LogP contribution in [0.5, 0.6) is 5.75 Å². The van der Waals surface area contributed by atoms with Crippen LogP contribution in [0.15, 0.2) is 48.5 Å². The van der Waals surface area contributed by atoms with Crippen molar-refractivity contribution in [1.29, 1.82) is 5.26 Å². The average Bonchev–Trinajstić information content (AvgIpc) is 2.55. The number of carbonyl (C=O) groups excluding carboxylic acids is 1. The maximum atomic E-state index is 12.1. The number of benzene rings is 2. The molecular weight excluding hydrogens is 264 g/mol. The molecule has 0 aromatic heterocycles. The van der Waals surface area contributed by atoms with E-state index < -0.39 is 0 Å².